The van der Waals surface area contributed by atoms with Crippen molar-refractivity contribution in [1.29, 1.82) is 0 Å². The first-order chi connectivity index (χ1) is 6.16. The van der Waals surface area contributed by atoms with E-state index in [4.69, 9.17) is 10.5 Å². The van der Waals surface area contributed by atoms with Crippen molar-refractivity contribution >= 4 is 0 Å². The predicted molar refractivity (Wildman–Crippen MR) is 55.6 cm³/mol. The summed E-state index contributed by atoms with van der Waals surface area (Å²) in [6.07, 6.45) is 3.92. The minimum absolute atomic E-state index is 0.234. The zero-order valence-corrected chi connectivity index (χ0v) is 9.12. The molecule has 2 nitrogen and oxygen atoms in total. The van der Waals surface area contributed by atoms with Crippen LogP contribution in [0.15, 0.2) is 0 Å². The standard InChI is InChI=1S/C11H23NO/c1-4-5-8(2)10(12)11-9(3)6-7-13-11/h8-11H,4-7,12H2,1-3H3. The van der Waals surface area contributed by atoms with Crippen LogP contribution in [0.25, 0.3) is 0 Å². The summed E-state index contributed by atoms with van der Waals surface area (Å²) in [5, 5.41) is 0. The van der Waals surface area contributed by atoms with Gasteiger partial charge in [-0.15, -0.1) is 0 Å². The highest BCUT2D eigenvalue weighted by molar-refractivity contribution is 4.85. The third kappa shape index (κ3) is 2.68. The van der Waals surface area contributed by atoms with Crippen molar-refractivity contribution in [3.8, 4) is 0 Å². The Morgan fingerprint density at radius 3 is 2.69 bits per heavy atom. The van der Waals surface area contributed by atoms with Crippen LogP contribution >= 0.6 is 0 Å². The summed E-state index contributed by atoms with van der Waals surface area (Å²) in [5.41, 5.74) is 6.17. The van der Waals surface area contributed by atoms with Gasteiger partial charge in [0.25, 0.3) is 0 Å². The van der Waals surface area contributed by atoms with E-state index in [9.17, 15) is 0 Å². The maximum Gasteiger partial charge on any atom is 0.0754 e. The van der Waals surface area contributed by atoms with Crippen molar-refractivity contribution in [2.24, 2.45) is 17.6 Å². The summed E-state index contributed by atoms with van der Waals surface area (Å²) in [6.45, 7) is 7.60. The van der Waals surface area contributed by atoms with Crippen LogP contribution in [0.4, 0.5) is 0 Å². The van der Waals surface area contributed by atoms with Crippen LogP contribution in [-0.2, 0) is 4.74 Å². The third-order valence-electron chi connectivity index (χ3n) is 3.22. The molecule has 1 saturated heterocycles. The summed E-state index contributed by atoms with van der Waals surface area (Å²) < 4.78 is 5.67. The first-order valence-corrected chi connectivity index (χ1v) is 5.54. The lowest BCUT2D eigenvalue weighted by atomic mass is 9.88. The van der Waals surface area contributed by atoms with Crippen molar-refractivity contribution in [3.05, 3.63) is 0 Å². The smallest absolute Gasteiger partial charge is 0.0754 e. The fraction of sp³-hybridized carbons (Fsp3) is 1.00. The summed E-state index contributed by atoms with van der Waals surface area (Å²) >= 11 is 0. The molecule has 1 rings (SSSR count). The quantitative estimate of drug-likeness (QED) is 0.728. The van der Waals surface area contributed by atoms with Gasteiger partial charge >= 0.3 is 0 Å². The van der Waals surface area contributed by atoms with E-state index in [0.29, 0.717) is 17.9 Å². The average Bonchev–Trinajstić information content (AvgIpc) is 2.50. The van der Waals surface area contributed by atoms with Gasteiger partial charge in [0.05, 0.1) is 6.10 Å². The summed E-state index contributed by atoms with van der Waals surface area (Å²) in [7, 11) is 0. The number of hydrogen-bond donors (Lipinski definition) is 1. The van der Waals surface area contributed by atoms with Crippen molar-refractivity contribution in [2.45, 2.75) is 52.2 Å². The Balaban J connectivity index is 2.40. The molecule has 1 heterocycles. The topological polar surface area (TPSA) is 35.2 Å². The van der Waals surface area contributed by atoms with Gasteiger partial charge in [0.2, 0.25) is 0 Å². The second-order valence-corrected chi connectivity index (χ2v) is 4.44. The highest BCUT2D eigenvalue weighted by Crippen LogP contribution is 2.26. The molecule has 0 aromatic rings. The first-order valence-electron chi connectivity index (χ1n) is 5.54. The van der Waals surface area contributed by atoms with Crippen LogP contribution in [0.2, 0.25) is 0 Å². The molecule has 2 heteroatoms. The van der Waals surface area contributed by atoms with E-state index in [1.807, 2.05) is 0 Å². The van der Waals surface area contributed by atoms with Crippen LogP contribution in [0.5, 0.6) is 0 Å². The van der Waals surface area contributed by atoms with Crippen molar-refractivity contribution in [1.82, 2.24) is 0 Å². The predicted octanol–water partition coefficient (Wildman–Crippen LogP) is 2.17. The van der Waals surface area contributed by atoms with E-state index in [1.165, 1.54) is 19.3 Å². The molecule has 0 aromatic heterocycles. The maximum atomic E-state index is 6.17. The second-order valence-electron chi connectivity index (χ2n) is 4.44. The van der Waals surface area contributed by atoms with Crippen molar-refractivity contribution in [3.63, 3.8) is 0 Å². The first kappa shape index (κ1) is 11.0. The third-order valence-corrected chi connectivity index (χ3v) is 3.22. The molecule has 4 unspecified atom stereocenters. The normalized spacial score (nSPS) is 33.2. The zero-order chi connectivity index (χ0) is 9.84. The minimum atomic E-state index is 0.234. The molecule has 4 atom stereocenters. The van der Waals surface area contributed by atoms with E-state index in [-0.39, 0.29) is 6.04 Å². The van der Waals surface area contributed by atoms with Gasteiger partial charge in [0, 0.05) is 12.6 Å². The van der Waals surface area contributed by atoms with Gasteiger partial charge in [-0.25, -0.2) is 0 Å². The highest BCUT2D eigenvalue weighted by atomic mass is 16.5. The summed E-state index contributed by atoms with van der Waals surface area (Å²) in [5.74, 6) is 1.24. The Labute approximate surface area is 81.8 Å². The molecule has 1 fully saturated rings. The lowest BCUT2D eigenvalue weighted by Gasteiger charge is -2.27. The fourth-order valence-corrected chi connectivity index (χ4v) is 2.18. The Kier molecular flexibility index (Phi) is 4.20. The molecule has 0 amide bonds. The van der Waals surface area contributed by atoms with E-state index in [0.717, 1.165) is 6.61 Å². The molecule has 13 heavy (non-hydrogen) atoms. The molecule has 1 aliphatic heterocycles. The van der Waals surface area contributed by atoms with Crippen LogP contribution in [-0.4, -0.2) is 18.8 Å². The maximum absolute atomic E-state index is 6.17. The van der Waals surface area contributed by atoms with Gasteiger partial charge in [0.15, 0.2) is 0 Å². The minimum Gasteiger partial charge on any atom is -0.376 e. The largest absolute Gasteiger partial charge is 0.376 e. The van der Waals surface area contributed by atoms with E-state index in [2.05, 4.69) is 20.8 Å². The van der Waals surface area contributed by atoms with Gasteiger partial charge in [-0.1, -0.05) is 27.2 Å². The summed E-state index contributed by atoms with van der Waals surface area (Å²) in [6, 6.07) is 0.234. The fourth-order valence-electron chi connectivity index (χ4n) is 2.18. The lowest BCUT2D eigenvalue weighted by Crippen LogP contribution is -2.42. The van der Waals surface area contributed by atoms with Crippen LogP contribution < -0.4 is 5.73 Å². The lowest BCUT2D eigenvalue weighted by molar-refractivity contribution is 0.0557. The molecule has 0 radical (unpaired) electrons. The SMILES string of the molecule is CCCC(C)C(N)C1OCCC1C. The number of nitrogens with two attached hydrogens (primary N) is 1. The monoisotopic (exact) mass is 185 g/mol. The van der Waals surface area contributed by atoms with E-state index in [1.54, 1.807) is 0 Å². The molecular formula is C11H23NO. The Hall–Kier alpha value is -0.0800. The van der Waals surface area contributed by atoms with Gasteiger partial charge in [-0.3, -0.25) is 0 Å². The Bertz CT molecular complexity index is 149. The average molecular weight is 185 g/mol. The van der Waals surface area contributed by atoms with Crippen molar-refractivity contribution in [2.75, 3.05) is 6.61 Å². The second kappa shape index (κ2) is 4.97. The van der Waals surface area contributed by atoms with Gasteiger partial charge in [0.1, 0.15) is 0 Å². The number of ether oxygens (including phenoxy) is 1. The zero-order valence-electron chi connectivity index (χ0n) is 9.12. The molecule has 0 aliphatic carbocycles. The van der Waals surface area contributed by atoms with E-state index < -0.39 is 0 Å². The van der Waals surface area contributed by atoms with Crippen LogP contribution in [0, 0.1) is 11.8 Å². The van der Waals surface area contributed by atoms with Crippen LogP contribution in [0.1, 0.15) is 40.0 Å². The molecule has 0 aromatic carbocycles. The molecule has 1 aliphatic rings. The van der Waals surface area contributed by atoms with Crippen molar-refractivity contribution < 1.29 is 4.74 Å². The number of hydrogen-bond acceptors (Lipinski definition) is 2. The Morgan fingerprint density at radius 2 is 2.23 bits per heavy atom. The number of rotatable bonds is 4. The molecule has 2 N–H and O–H groups in total. The Morgan fingerprint density at radius 1 is 1.54 bits per heavy atom. The van der Waals surface area contributed by atoms with Crippen LogP contribution in [0.3, 0.4) is 0 Å². The van der Waals surface area contributed by atoms with E-state index >= 15 is 0 Å². The van der Waals surface area contributed by atoms with Gasteiger partial charge < -0.3 is 10.5 Å². The summed E-state index contributed by atoms with van der Waals surface area (Å²) in [4.78, 5) is 0. The van der Waals surface area contributed by atoms with Gasteiger partial charge in [-0.2, -0.15) is 0 Å². The molecule has 0 spiro atoms. The molecule has 0 bridgehead atoms. The molecular weight excluding hydrogens is 162 g/mol. The van der Waals surface area contributed by atoms with Gasteiger partial charge in [-0.05, 0) is 24.7 Å². The molecule has 0 saturated carbocycles. The highest BCUT2D eigenvalue weighted by Gasteiger charge is 2.32. The molecule has 78 valence electrons.